The molecule has 3 aromatic rings. The SMILES string of the molecule is CCOC(=O)[C@@H](C)N1C(=O)S/C(=C/c2ccc(OCc3ccc4ccccc4c3)c(I)c2)C1=O. The van der Waals surface area contributed by atoms with E-state index in [2.05, 4.69) is 52.9 Å². The number of hydrogen-bond donors (Lipinski definition) is 0. The van der Waals surface area contributed by atoms with Crippen molar-refractivity contribution >= 4 is 68.3 Å². The van der Waals surface area contributed by atoms with Crippen molar-refractivity contribution in [1.82, 2.24) is 4.90 Å². The predicted molar refractivity (Wildman–Crippen MR) is 141 cm³/mol. The number of benzene rings is 3. The Labute approximate surface area is 215 Å². The molecule has 1 fully saturated rings. The van der Waals surface area contributed by atoms with Crippen molar-refractivity contribution in [1.29, 1.82) is 0 Å². The van der Waals surface area contributed by atoms with Crippen LogP contribution in [0.3, 0.4) is 0 Å². The molecule has 0 radical (unpaired) electrons. The van der Waals surface area contributed by atoms with Gasteiger partial charge in [0.05, 0.1) is 15.1 Å². The molecule has 1 atom stereocenters. The molecule has 0 saturated carbocycles. The van der Waals surface area contributed by atoms with Crippen LogP contribution in [0.15, 0.2) is 65.6 Å². The van der Waals surface area contributed by atoms with Gasteiger partial charge in [-0.05, 0) is 94.4 Å². The Morgan fingerprint density at radius 2 is 1.85 bits per heavy atom. The topological polar surface area (TPSA) is 72.9 Å². The number of ether oxygens (including phenoxy) is 2. The molecule has 2 amide bonds. The predicted octanol–water partition coefficient (Wildman–Crippen LogP) is 6.01. The van der Waals surface area contributed by atoms with Gasteiger partial charge in [0.1, 0.15) is 18.4 Å². The number of carbonyl (C=O) groups excluding carboxylic acids is 3. The molecule has 4 rings (SSSR count). The third-order valence-corrected chi connectivity index (χ3v) is 7.03. The molecule has 0 N–H and O–H groups in total. The minimum atomic E-state index is -0.968. The molecule has 1 heterocycles. The van der Waals surface area contributed by atoms with Gasteiger partial charge in [0.25, 0.3) is 11.1 Å². The molecule has 0 unspecified atom stereocenters. The number of fused-ring (bicyclic) bond motifs is 1. The third kappa shape index (κ3) is 5.28. The Morgan fingerprint density at radius 3 is 2.59 bits per heavy atom. The first-order chi connectivity index (χ1) is 16.4. The molecule has 1 aliphatic rings. The van der Waals surface area contributed by atoms with E-state index in [1.54, 1.807) is 13.0 Å². The Hall–Kier alpha value is -2.85. The first-order valence-corrected chi connectivity index (χ1v) is 12.6. The van der Waals surface area contributed by atoms with Gasteiger partial charge in [0.2, 0.25) is 0 Å². The smallest absolute Gasteiger partial charge is 0.329 e. The molecule has 8 heteroatoms. The highest BCUT2D eigenvalue weighted by molar-refractivity contribution is 14.1. The van der Waals surface area contributed by atoms with Crippen LogP contribution in [0.2, 0.25) is 0 Å². The largest absolute Gasteiger partial charge is 0.488 e. The Morgan fingerprint density at radius 1 is 1.09 bits per heavy atom. The minimum Gasteiger partial charge on any atom is -0.488 e. The second kappa shape index (κ2) is 10.6. The Kier molecular flexibility index (Phi) is 7.57. The van der Waals surface area contributed by atoms with Gasteiger partial charge in [0, 0.05) is 0 Å². The van der Waals surface area contributed by atoms with Crippen molar-refractivity contribution in [3.8, 4) is 5.75 Å². The van der Waals surface area contributed by atoms with Crippen LogP contribution >= 0.6 is 34.4 Å². The first-order valence-electron chi connectivity index (χ1n) is 10.7. The number of nitrogens with zero attached hydrogens (tertiary/aromatic N) is 1. The second-order valence-corrected chi connectivity index (χ2v) is 9.80. The highest BCUT2D eigenvalue weighted by atomic mass is 127. The Bertz CT molecular complexity index is 1310. The minimum absolute atomic E-state index is 0.183. The van der Waals surface area contributed by atoms with E-state index in [9.17, 15) is 14.4 Å². The number of thioether (sulfide) groups is 1. The highest BCUT2D eigenvalue weighted by Gasteiger charge is 2.41. The summed E-state index contributed by atoms with van der Waals surface area (Å²) in [5, 5.41) is 1.87. The maximum Gasteiger partial charge on any atom is 0.329 e. The van der Waals surface area contributed by atoms with Gasteiger partial charge in [-0.25, -0.2) is 4.79 Å². The molecule has 0 aliphatic carbocycles. The van der Waals surface area contributed by atoms with Crippen molar-refractivity contribution in [3.05, 3.63) is 80.3 Å². The van der Waals surface area contributed by atoms with E-state index in [0.29, 0.717) is 6.61 Å². The van der Waals surface area contributed by atoms with Crippen molar-refractivity contribution < 1.29 is 23.9 Å². The van der Waals surface area contributed by atoms with Gasteiger partial charge in [-0.15, -0.1) is 0 Å². The summed E-state index contributed by atoms with van der Waals surface area (Å²) in [6.45, 7) is 3.78. The van der Waals surface area contributed by atoms with Crippen LogP contribution in [0.1, 0.15) is 25.0 Å². The Balaban J connectivity index is 1.45. The van der Waals surface area contributed by atoms with Crippen molar-refractivity contribution in [2.45, 2.75) is 26.5 Å². The lowest BCUT2D eigenvalue weighted by Crippen LogP contribution is -2.42. The fraction of sp³-hybridized carbons (Fsp3) is 0.192. The zero-order valence-electron chi connectivity index (χ0n) is 18.6. The standard InChI is InChI=1S/C26H22INO5S/c1-3-32-25(30)16(2)28-24(29)23(34-26(28)31)14-17-9-11-22(21(27)13-17)33-15-18-8-10-19-6-4-5-7-20(19)12-18/h4-14,16H,3,15H2,1-2H3/b23-14+/t16-/m1/s1. The maximum absolute atomic E-state index is 12.8. The quantitative estimate of drug-likeness (QED) is 0.192. The number of imide groups is 1. The molecule has 6 nitrogen and oxygen atoms in total. The summed E-state index contributed by atoms with van der Waals surface area (Å²) in [5.41, 5.74) is 1.83. The van der Waals surface area contributed by atoms with Crippen LogP contribution in [0.5, 0.6) is 5.75 Å². The van der Waals surface area contributed by atoms with Crippen LogP contribution in [0.25, 0.3) is 16.8 Å². The highest BCUT2D eigenvalue weighted by Crippen LogP contribution is 2.34. The zero-order valence-corrected chi connectivity index (χ0v) is 21.6. The molecule has 0 bridgehead atoms. The number of carbonyl (C=O) groups is 3. The molecule has 0 aromatic heterocycles. The van der Waals surface area contributed by atoms with Gasteiger partial charge < -0.3 is 9.47 Å². The summed E-state index contributed by atoms with van der Waals surface area (Å²) < 4.78 is 11.8. The van der Waals surface area contributed by atoms with Gasteiger partial charge in [-0.3, -0.25) is 14.5 Å². The fourth-order valence-corrected chi connectivity index (χ4v) is 5.15. The van der Waals surface area contributed by atoms with Crippen LogP contribution in [0, 0.1) is 3.57 Å². The summed E-state index contributed by atoms with van der Waals surface area (Å²) in [5.74, 6) is -0.370. The summed E-state index contributed by atoms with van der Waals surface area (Å²) >= 11 is 3.00. The van der Waals surface area contributed by atoms with E-state index in [-0.39, 0.29) is 11.5 Å². The summed E-state index contributed by atoms with van der Waals surface area (Å²) in [6, 6.07) is 19.0. The lowest BCUT2D eigenvalue weighted by Gasteiger charge is -2.19. The number of halogens is 1. The molecule has 34 heavy (non-hydrogen) atoms. The van der Waals surface area contributed by atoms with Crippen LogP contribution < -0.4 is 4.74 Å². The lowest BCUT2D eigenvalue weighted by atomic mass is 10.1. The van der Waals surface area contributed by atoms with E-state index in [1.165, 1.54) is 17.7 Å². The van der Waals surface area contributed by atoms with Crippen LogP contribution in [-0.2, 0) is 20.9 Å². The van der Waals surface area contributed by atoms with Crippen molar-refractivity contribution in [2.24, 2.45) is 0 Å². The van der Waals surface area contributed by atoms with E-state index in [1.807, 2.05) is 30.3 Å². The average molecular weight is 587 g/mol. The van der Waals surface area contributed by atoms with E-state index in [0.717, 1.165) is 37.1 Å². The van der Waals surface area contributed by atoms with Crippen molar-refractivity contribution in [2.75, 3.05) is 6.61 Å². The molecule has 1 saturated heterocycles. The molecular weight excluding hydrogens is 565 g/mol. The van der Waals surface area contributed by atoms with Crippen LogP contribution in [-0.4, -0.2) is 34.7 Å². The maximum atomic E-state index is 12.8. The van der Waals surface area contributed by atoms with Gasteiger partial charge in [-0.1, -0.05) is 42.5 Å². The van der Waals surface area contributed by atoms with Gasteiger partial charge in [0.15, 0.2) is 0 Å². The number of esters is 1. The summed E-state index contributed by atoms with van der Waals surface area (Å²) in [6.07, 6.45) is 1.65. The third-order valence-electron chi connectivity index (χ3n) is 5.30. The first kappa shape index (κ1) is 24.3. The lowest BCUT2D eigenvalue weighted by molar-refractivity contribution is -0.150. The number of amides is 2. The monoisotopic (exact) mass is 587 g/mol. The molecule has 1 aliphatic heterocycles. The molecule has 0 spiro atoms. The normalized spacial score (nSPS) is 15.7. The van der Waals surface area contributed by atoms with Gasteiger partial charge >= 0.3 is 5.97 Å². The number of hydrogen-bond acceptors (Lipinski definition) is 6. The fourth-order valence-electron chi connectivity index (χ4n) is 3.55. The summed E-state index contributed by atoms with van der Waals surface area (Å²) in [7, 11) is 0. The second-order valence-electron chi connectivity index (χ2n) is 7.64. The van der Waals surface area contributed by atoms with E-state index in [4.69, 9.17) is 9.47 Å². The molecule has 3 aromatic carbocycles. The zero-order chi connectivity index (χ0) is 24.2. The van der Waals surface area contributed by atoms with E-state index >= 15 is 0 Å². The van der Waals surface area contributed by atoms with Gasteiger partial charge in [-0.2, -0.15) is 0 Å². The van der Waals surface area contributed by atoms with Crippen LogP contribution in [0.4, 0.5) is 4.79 Å². The average Bonchev–Trinajstić information content (AvgIpc) is 3.10. The van der Waals surface area contributed by atoms with E-state index < -0.39 is 23.2 Å². The molecular formula is C26H22INO5S. The van der Waals surface area contributed by atoms with Crippen molar-refractivity contribution in [3.63, 3.8) is 0 Å². The summed E-state index contributed by atoms with van der Waals surface area (Å²) in [4.78, 5) is 38.3. The number of rotatable bonds is 7. The molecule has 174 valence electrons.